The molecule has 0 saturated carbocycles. The van der Waals surface area contributed by atoms with E-state index in [-0.39, 0.29) is 0 Å². The molecule has 2 N–H and O–H groups in total. The number of aryl methyl sites for hydroxylation is 1. The van der Waals surface area contributed by atoms with Gasteiger partial charge in [0.2, 0.25) is 0 Å². The largest absolute Gasteiger partial charge is 0.399 e. The summed E-state index contributed by atoms with van der Waals surface area (Å²) in [5.74, 6) is 0.535. The van der Waals surface area contributed by atoms with Crippen LogP contribution < -0.4 is 5.73 Å². The van der Waals surface area contributed by atoms with Gasteiger partial charge in [-0.3, -0.25) is 0 Å². The molecule has 0 unspecified atom stereocenters. The minimum Gasteiger partial charge on any atom is -0.399 e. The topological polar surface area (TPSA) is 80.5 Å². The first kappa shape index (κ1) is 12.9. The predicted molar refractivity (Wildman–Crippen MR) is 80.7 cm³/mol. The number of anilines is 1. The highest BCUT2D eigenvalue weighted by atomic mass is 15.3. The highest BCUT2D eigenvalue weighted by Gasteiger charge is 2.10. The van der Waals surface area contributed by atoms with E-state index in [1.165, 1.54) is 0 Å². The summed E-state index contributed by atoms with van der Waals surface area (Å²) in [5, 5.41) is 13.6. The second-order valence-electron chi connectivity index (χ2n) is 4.74. The van der Waals surface area contributed by atoms with Crippen molar-refractivity contribution < 1.29 is 0 Å². The molecule has 0 fully saturated rings. The first-order chi connectivity index (χ1) is 10.2. The van der Waals surface area contributed by atoms with E-state index >= 15 is 0 Å². The van der Waals surface area contributed by atoms with Crippen molar-refractivity contribution in [1.29, 1.82) is 5.26 Å². The van der Waals surface area contributed by atoms with Crippen LogP contribution >= 0.6 is 0 Å². The first-order valence-corrected chi connectivity index (χ1v) is 6.45. The standard InChI is InChI=1S/C16H13N5/c1-11-5-6-19-16(15(11)8-17)21-10-13(9-20-21)12-3-2-4-14(18)7-12/h2-7,9-10H,18H2,1H3. The van der Waals surface area contributed by atoms with Crippen molar-refractivity contribution in [3.63, 3.8) is 0 Å². The van der Waals surface area contributed by atoms with Gasteiger partial charge in [0.25, 0.3) is 0 Å². The van der Waals surface area contributed by atoms with E-state index in [0.717, 1.165) is 16.7 Å². The zero-order valence-corrected chi connectivity index (χ0v) is 11.5. The van der Waals surface area contributed by atoms with Crippen LogP contribution in [-0.2, 0) is 0 Å². The zero-order valence-electron chi connectivity index (χ0n) is 11.5. The van der Waals surface area contributed by atoms with Gasteiger partial charge in [-0.1, -0.05) is 12.1 Å². The molecule has 0 bridgehead atoms. The fraction of sp³-hybridized carbons (Fsp3) is 0.0625. The van der Waals surface area contributed by atoms with Gasteiger partial charge in [0.05, 0.1) is 11.8 Å². The molecule has 0 saturated heterocycles. The van der Waals surface area contributed by atoms with Gasteiger partial charge in [0.15, 0.2) is 5.82 Å². The molecular formula is C16H13N5. The van der Waals surface area contributed by atoms with Gasteiger partial charge in [-0.25, -0.2) is 9.67 Å². The molecule has 5 nitrogen and oxygen atoms in total. The van der Waals surface area contributed by atoms with Crippen LogP contribution in [0.1, 0.15) is 11.1 Å². The number of rotatable bonds is 2. The van der Waals surface area contributed by atoms with Gasteiger partial charge in [-0.2, -0.15) is 10.4 Å². The Labute approximate surface area is 122 Å². The summed E-state index contributed by atoms with van der Waals surface area (Å²) in [4.78, 5) is 4.26. The van der Waals surface area contributed by atoms with Crippen LogP contribution in [0.25, 0.3) is 16.9 Å². The first-order valence-electron chi connectivity index (χ1n) is 6.45. The number of nitrogens with zero attached hydrogens (tertiary/aromatic N) is 4. The summed E-state index contributed by atoms with van der Waals surface area (Å²) < 4.78 is 1.62. The van der Waals surface area contributed by atoms with E-state index in [4.69, 9.17) is 5.73 Å². The third-order valence-corrected chi connectivity index (χ3v) is 3.27. The molecule has 2 heterocycles. The van der Waals surface area contributed by atoms with Gasteiger partial charge in [-0.15, -0.1) is 0 Å². The number of hydrogen-bond acceptors (Lipinski definition) is 4. The summed E-state index contributed by atoms with van der Waals surface area (Å²) >= 11 is 0. The van der Waals surface area contributed by atoms with Gasteiger partial charge >= 0.3 is 0 Å². The third-order valence-electron chi connectivity index (χ3n) is 3.27. The van der Waals surface area contributed by atoms with Crippen LogP contribution in [0.15, 0.2) is 48.9 Å². The van der Waals surface area contributed by atoms with E-state index in [2.05, 4.69) is 16.2 Å². The molecule has 102 valence electrons. The van der Waals surface area contributed by atoms with Gasteiger partial charge in [0.1, 0.15) is 6.07 Å². The minimum absolute atomic E-state index is 0.528. The van der Waals surface area contributed by atoms with E-state index in [1.54, 1.807) is 17.1 Å². The van der Waals surface area contributed by atoms with Crippen LogP contribution in [-0.4, -0.2) is 14.8 Å². The Hall–Kier alpha value is -3.13. The summed E-state index contributed by atoms with van der Waals surface area (Å²) in [7, 11) is 0. The Balaban J connectivity index is 2.08. The lowest BCUT2D eigenvalue weighted by atomic mass is 10.1. The summed E-state index contributed by atoms with van der Waals surface area (Å²) in [5.41, 5.74) is 9.81. The van der Waals surface area contributed by atoms with Crippen molar-refractivity contribution >= 4 is 5.69 Å². The lowest BCUT2D eigenvalue weighted by Crippen LogP contribution is -2.02. The van der Waals surface area contributed by atoms with Crippen molar-refractivity contribution in [2.45, 2.75) is 6.92 Å². The number of pyridine rings is 1. The molecule has 21 heavy (non-hydrogen) atoms. The monoisotopic (exact) mass is 275 g/mol. The van der Waals surface area contributed by atoms with Crippen molar-refractivity contribution in [3.8, 4) is 23.0 Å². The van der Waals surface area contributed by atoms with Gasteiger partial charge in [0, 0.05) is 23.6 Å². The highest BCUT2D eigenvalue weighted by Crippen LogP contribution is 2.22. The van der Waals surface area contributed by atoms with E-state index in [9.17, 15) is 5.26 Å². The Bertz CT molecular complexity index is 842. The maximum absolute atomic E-state index is 9.27. The van der Waals surface area contributed by atoms with Crippen molar-refractivity contribution in [1.82, 2.24) is 14.8 Å². The third kappa shape index (κ3) is 2.35. The molecule has 1 aromatic carbocycles. The number of hydrogen-bond donors (Lipinski definition) is 1. The second kappa shape index (κ2) is 5.10. The summed E-state index contributed by atoms with van der Waals surface area (Å²) in [6.07, 6.45) is 5.25. The quantitative estimate of drug-likeness (QED) is 0.729. The molecular weight excluding hydrogens is 262 g/mol. The second-order valence-corrected chi connectivity index (χ2v) is 4.74. The van der Waals surface area contributed by atoms with Crippen LogP contribution in [0, 0.1) is 18.3 Å². The molecule has 0 atom stereocenters. The minimum atomic E-state index is 0.528. The molecule has 0 amide bonds. The van der Waals surface area contributed by atoms with Gasteiger partial charge in [-0.05, 0) is 36.2 Å². The van der Waals surface area contributed by atoms with Crippen LogP contribution in [0.5, 0.6) is 0 Å². The predicted octanol–water partition coefficient (Wildman–Crippen LogP) is 2.70. The molecule has 0 aliphatic carbocycles. The highest BCUT2D eigenvalue weighted by molar-refractivity contribution is 5.66. The number of nitrogen functional groups attached to an aromatic ring is 1. The fourth-order valence-electron chi connectivity index (χ4n) is 2.16. The van der Waals surface area contributed by atoms with E-state index < -0.39 is 0 Å². The average Bonchev–Trinajstić information content (AvgIpc) is 2.96. The zero-order chi connectivity index (χ0) is 14.8. The Morgan fingerprint density at radius 3 is 2.86 bits per heavy atom. The number of benzene rings is 1. The average molecular weight is 275 g/mol. The molecule has 0 aliphatic heterocycles. The molecule has 2 aromatic heterocycles. The van der Waals surface area contributed by atoms with Crippen LogP contribution in [0.4, 0.5) is 5.69 Å². The van der Waals surface area contributed by atoms with Crippen LogP contribution in [0.3, 0.4) is 0 Å². The molecule has 3 rings (SSSR count). The molecule has 5 heteroatoms. The Kier molecular flexibility index (Phi) is 3.13. The van der Waals surface area contributed by atoms with Crippen LogP contribution in [0.2, 0.25) is 0 Å². The number of aromatic nitrogens is 3. The normalized spacial score (nSPS) is 10.3. The molecule has 0 radical (unpaired) electrons. The smallest absolute Gasteiger partial charge is 0.171 e. The number of nitrogens with two attached hydrogens (primary N) is 1. The van der Waals surface area contributed by atoms with E-state index in [0.29, 0.717) is 17.1 Å². The molecule has 0 spiro atoms. The van der Waals surface area contributed by atoms with Gasteiger partial charge < -0.3 is 5.73 Å². The van der Waals surface area contributed by atoms with Crippen molar-refractivity contribution in [2.24, 2.45) is 0 Å². The van der Waals surface area contributed by atoms with Crippen molar-refractivity contribution in [2.75, 3.05) is 5.73 Å². The fourth-order valence-corrected chi connectivity index (χ4v) is 2.16. The lowest BCUT2D eigenvalue weighted by Gasteiger charge is -2.04. The SMILES string of the molecule is Cc1ccnc(-n2cc(-c3cccc(N)c3)cn2)c1C#N. The molecule has 3 aromatic rings. The Morgan fingerprint density at radius 1 is 1.24 bits per heavy atom. The number of nitriles is 1. The van der Waals surface area contributed by atoms with E-state index in [1.807, 2.05) is 43.5 Å². The molecule has 0 aliphatic rings. The van der Waals surface area contributed by atoms with Crippen molar-refractivity contribution in [3.05, 3.63) is 60.0 Å². The maximum atomic E-state index is 9.27. The summed E-state index contributed by atoms with van der Waals surface area (Å²) in [6, 6.07) is 11.6. The summed E-state index contributed by atoms with van der Waals surface area (Å²) in [6.45, 7) is 1.88. The lowest BCUT2D eigenvalue weighted by molar-refractivity contribution is 0.841. The maximum Gasteiger partial charge on any atom is 0.171 e. The Morgan fingerprint density at radius 2 is 2.10 bits per heavy atom.